The Balaban J connectivity index is 3.60. The van der Waals surface area contributed by atoms with Crippen molar-refractivity contribution in [3.63, 3.8) is 0 Å². The molecular formula is C60H105NO3. The van der Waals surface area contributed by atoms with Gasteiger partial charge in [0.15, 0.2) is 0 Å². The normalized spacial score (nSPS) is 13.6. The van der Waals surface area contributed by atoms with Crippen molar-refractivity contribution in [2.45, 2.75) is 270 Å². The third kappa shape index (κ3) is 50.3. The molecule has 0 fully saturated rings. The van der Waals surface area contributed by atoms with Gasteiger partial charge >= 0.3 is 0 Å². The van der Waals surface area contributed by atoms with Crippen LogP contribution in [0.15, 0.2) is 97.2 Å². The Hall–Kier alpha value is -2.69. The van der Waals surface area contributed by atoms with Crippen molar-refractivity contribution in [3.05, 3.63) is 97.2 Å². The van der Waals surface area contributed by atoms with Crippen LogP contribution in [-0.2, 0) is 4.79 Å². The van der Waals surface area contributed by atoms with E-state index in [0.717, 1.165) is 57.8 Å². The third-order valence-electron chi connectivity index (χ3n) is 12.1. The number of aliphatic hydroxyl groups excluding tert-OH is 2. The average Bonchev–Trinajstić information content (AvgIpc) is 3.30. The predicted molar refractivity (Wildman–Crippen MR) is 285 cm³/mol. The van der Waals surface area contributed by atoms with Crippen LogP contribution < -0.4 is 5.32 Å². The van der Waals surface area contributed by atoms with E-state index < -0.39 is 12.1 Å². The molecular weight excluding hydrogens is 783 g/mol. The van der Waals surface area contributed by atoms with Crippen LogP contribution >= 0.6 is 0 Å². The van der Waals surface area contributed by atoms with Crippen molar-refractivity contribution >= 4 is 5.91 Å². The topological polar surface area (TPSA) is 69.6 Å². The SMILES string of the molecule is CC/C=C\C/C=C\C/C=C\C/C=C\C/C=C\C/C=C\CCC(=O)NC(CO)C(O)/C=C/CC/C=C/CCCCCCCCCCCCCCCCCCCCCCCCCCCCC. The standard InChI is InChI=1S/C60H105NO3/c1-3-5-7-9-11-13-15-17-19-21-23-24-25-26-27-28-29-30-31-32-33-34-35-36-38-39-41-43-45-47-49-51-53-55-59(63)58(57-62)61-60(64)56-54-52-50-48-46-44-42-40-37-22-20-18-16-14-12-10-8-6-4-2/h6,8,12,14,18,20,37,40,44-47,50,52-53,55,58-59,62-63H,3-5,7,9-11,13,15-17,19,21-36,38-39,41-43,48-49,51,54,56-57H2,1-2H3,(H,61,64)/b8-6-,14-12-,20-18-,40-37-,46-44-,47-45+,52-50-,55-53+. The van der Waals surface area contributed by atoms with Crippen molar-refractivity contribution in [2.75, 3.05) is 6.61 Å². The highest BCUT2D eigenvalue weighted by molar-refractivity contribution is 5.76. The van der Waals surface area contributed by atoms with E-state index in [0.29, 0.717) is 12.8 Å². The van der Waals surface area contributed by atoms with Crippen LogP contribution in [0.5, 0.6) is 0 Å². The zero-order valence-electron chi connectivity index (χ0n) is 42.3. The molecule has 0 spiro atoms. The molecule has 1 amide bonds. The highest BCUT2D eigenvalue weighted by Crippen LogP contribution is 2.16. The number of nitrogens with one attached hydrogen (secondary N) is 1. The molecule has 64 heavy (non-hydrogen) atoms. The molecule has 0 aliphatic heterocycles. The fraction of sp³-hybridized carbons (Fsp3) is 0.717. The summed E-state index contributed by atoms with van der Waals surface area (Å²) in [6, 6.07) is -0.687. The zero-order chi connectivity index (χ0) is 46.3. The summed E-state index contributed by atoms with van der Waals surface area (Å²) in [5.41, 5.74) is 0. The average molecular weight is 889 g/mol. The second-order valence-corrected chi connectivity index (χ2v) is 18.3. The Kier molecular flexibility index (Phi) is 52.3. The van der Waals surface area contributed by atoms with E-state index in [2.05, 4.69) is 98.2 Å². The van der Waals surface area contributed by atoms with Crippen LogP contribution in [0.4, 0.5) is 0 Å². The van der Waals surface area contributed by atoms with Crippen molar-refractivity contribution in [1.82, 2.24) is 5.32 Å². The van der Waals surface area contributed by atoms with Gasteiger partial charge < -0.3 is 15.5 Å². The molecule has 0 saturated carbocycles. The Morgan fingerprint density at radius 3 is 1.08 bits per heavy atom. The lowest BCUT2D eigenvalue weighted by atomic mass is 10.0. The second-order valence-electron chi connectivity index (χ2n) is 18.3. The molecule has 0 saturated heterocycles. The van der Waals surface area contributed by atoms with Crippen molar-refractivity contribution in [1.29, 1.82) is 0 Å². The summed E-state index contributed by atoms with van der Waals surface area (Å²) in [7, 11) is 0. The molecule has 3 N–H and O–H groups in total. The monoisotopic (exact) mass is 888 g/mol. The molecule has 0 bridgehead atoms. The fourth-order valence-corrected chi connectivity index (χ4v) is 7.92. The minimum Gasteiger partial charge on any atom is -0.394 e. The number of hydrogen-bond acceptors (Lipinski definition) is 3. The summed E-state index contributed by atoms with van der Waals surface area (Å²) in [4.78, 5) is 12.4. The number of allylic oxidation sites excluding steroid dienone is 15. The number of amides is 1. The Labute approximate surface area is 398 Å². The van der Waals surface area contributed by atoms with Crippen LogP contribution in [0.1, 0.15) is 258 Å². The van der Waals surface area contributed by atoms with Crippen molar-refractivity contribution < 1.29 is 15.0 Å². The number of aliphatic hydroxyl groups is 2. The van der Waals surface area contributed by atoms with E-state index in [1.54, 1.807) is 6.08 Å². The fourth-order valence-electron chi connectivity index (χ4n) is 7.92. The van der Waals surface area contributed by atoms with Crippen LogP contribution in [-0.4, -0.2) is 34.9 Å². The van der Waals surface area contributed by atoms with Gasteiger partial charge in [-0.05, 0) is 70.6 Å². The summed E-state index contributed by atoms with van der Waals surface area (Å²) < 4.78 is 0. The first-order chi connectivity index (χ1) is 31.7. The van der Waals surface area contributed by atoms with Crippen LogP contribution in [0.25, 0.3) is 0 Å². The summed E-state index contributed by atoms with van der Waals surface area (Å²) in [6.45, 7) is 4.16. The molecule has 0 heterocycles. The first-order valence-corrected chi connectivity index (χ1v) is 27.5. The Morgan fingerprint density at radius 2 is 0.703 bits per heavy atom. The molecule has 0 rings (SSSR count). The second kappa shape index (κ2) is 54.6. The molecule has 0 aliphatic carbocycles. The van der Waals surface area contributed by atoms with Crippen molar-refractivity contribution in [2.24, 2.45) is 0 Å². The number of hydrogen-bond donors (Lipinski definition) is 3. The van der Waals surface area contributed by atoms with E-state index in [-0.39, 0.29) is 12.5 Å². The highest BCUT2D eigenvalue weighted by atomic mass is 16.3. The summed E-state index contributed by atoms with van der Waals surface area (Å²) in [5.74, 6) is -0.157. The molecule has 2 unspecified atom stereocenters. The van der Waals surface area contributed by atoms with Gasteiger partial charge in [-0.25, -0.2) is 0 Å². The Bertz CT molecular complexity index is 1190. The van der Waals surface area contributed by atoms with Gasteiger partial charge in [0.25, 0.3) is 0 Å². The minimum atomic E-state index is -0.901. The van der Waals surface area contributed by atoms with Crippen molar-refractivity contribution in [3.8, 4) is 0 Å². The number of carbonyl (C=O) groups excluding carboxylic acids is 1. The quantitative estimate of drug-likeness (QED) is 0.0421. The van der Waals surface area contributed by atoms with Gasteiger partial charge in [-0.15, -0.1) is 0 Å². The number of rotatable bonds is 49. The lowest BCUT2D eigenvalue weighted by Gasteiger charge is -2.19. The molecule has 0 aliphatic rings. The maximum atomic E-state index is 12.4. The zero-order valence-corrected chi connectivity index (χ0v) is 42.3. The molecule has 2 atom stereocenters. The first kappa shape index (κ1) is 61.3. The molecule has 0 radical (unpaired) electrons. The number of unbranched alkanes of at least 4 members (excludes halogenated alkanes) is 28. The van der Waals surface area contributed by atoms with E-state index in [1.807, 2.05) is 12.2 Å². The van der Waals surface area contributed by atoms with Gasteiger partial charge in [0.05, 0.1) is 18.8 Å². The van der Waals surface area contributed by atoms with E-state index >= 15 is 0 Å². The number of carbonyl (C=O) groups is 1. The third-order valence-corrected chi connectivity index (χ3v) is 12.1. The Morgan fingerprint density at radius 1 is 0.391 bits per heavy atom. The van der Waals surface area contributed by atoms with E-state index in [9.17, 15) is 15.0 Å². The van der Waals surface area contributed by atoms with Crippen LogP contribution in [0.2, 0.25) is 0 Å². The largest absolute Gasteiger partial charge is 0.394 e. The minimum absolute atomic E-state index is 0.157. The van der Waals surface area contributed by atoms with E-state index in [4.69, 9.17) is 0 Å². The van der Waals surface area contributed by atoms with Gasteiger partial charge in [0.2, 0.25) is 5.91 Å². The van der Waals surface area contributed by atoms with Crippen LogP contribution in [0, 0.1) is 0 Å². The molecule has 4 heteroatoms. The van der Waals surface area contributed by atoms with Gasteiger partial charge in [0, 0.05) is 6.42 Å². The first-order valence-electron chi connectivity index (χ1n) is 27.5. The lowest BCUT2D eigenvalue weighted by molar-refractivity contribution is -0.122. The molecule has 0 aromatic rings. The molecule has 0 aromatic carbocycles. The van der Waals surface area contributed by atoms with Gasteiger partial charge in [-0.1, -0.05) is 278 Å². The maximum Gasteiger partial charge on any atom is 0.220 e. The molecule has 0 aromatic heterocycles. The van der Waals surface area contributed by atoms with Gasteiger partial charge in [0.1, 0.15) is 0 Å². The predicted octanol–water partition coefficient (Wildman–Crippen LogP) is 18.1. The molecule has 368 valence electrons. The summed E-state index contributed by atoms with van der Waals surface area (Å²) in [5, 5.41) is 23.0. The summed E-state index contributed by atoms with van der Waals surface area (Å²) >= 11 is 0. The van der Waals surface area contributed by atoms with Gasteiger partial charge in [-0.3, -0.25) is 4.79 Å². The molecule has 4 nitrogen and oxygen atoms in total. The maximum absolute atomic E-state index is 12.4. The van der Waals surface area contributed by atoms with E-state index in [1.165, 1.54) is 173 Å². The van der Waals surface area contributed by atoms with Crippen LogP contribution in [0.3, 0.4) is 0 Å². The smallest absolute Gasteiger partial charge is 0.220 e. The summed E-state index contributed by atoms with van der Waals surface area (Å²) in [6.07, 6.45) is 81.6. The highest BCUT2D eigenvalue weighted by Gasteiger charge is 2.17. The lowest BCUT2D eigenvalue weighted by Crippen LogP contribution is -2.45. The van der Waals surface area contributed by atoms with Gasteiger partial charge in [-0.2, -0.15) is 0 Å².